The molecule has 8 nitrogen and oxygen atoms in total. The number of nitrogens with two attached hydrogens (primary N) is 1. The average Bonchev–Trinajstić information content (AvgIpc) is 2.90. The predicted molar refractivity (Wildman–Crippen MR) is 144 cm³/mol. The molecule has 0 bridgehead atoms. The van der Waals surface area contributed by atoms with Crippen molar-refractivity contribution >= 4 is 50.6 Å². The van der Waals surface area contributed by atoms with Crippen LogP contribution in [0.15, 0.2) is 69.0 Å². The lowest BCUT2D eigenvalue weighted by atomic mass is 10.1. The second-order valence-corrected chi connectivity index (χ2v) is 9.17. The molecular weight excluding hydrogens is 605 g/mol. The first kappa shape index (κ1) is 28.1. The van der Waals surface area contributed by atoms with Crippen LogP contribution in [-0.4, -0.2) is 35.0 Å². The fourth-order valence-corrected chi connectivity index (χ4v) is 4.27. The number of fused-ring (bicyclic) bond motifs is 1. The Labute approximate surface area is 232 Å². The maximum atomic E-state index is 13.4. The molecule has 0 atom stereocenters. The van der Waals surface area contributed by atoms with E-state index in [1.54, 1.807) is 25.1 Å². The van der Waals surface area contributed by atoms with Gasteiger partial charge in [-0.1, -0.05) is 35.9 Å². The van der Waals surface area contributed by atoms with Gasteiger partial charge < -0.3 is 15.2 Å². The number of benzene rings is 3. The van der Waals surface area contributed by atoms with E-state index in [-0.39, 0.29) is 39.9 Å². The van der Waals surface area contributed by atoms with Crippen LogP contribution in [0.2, 0.25) is 5.02 Å². The molecule has 1 aromatic heterocycles. The van der Waals surface area contributed by atoms with E-state index < -0.39 is 29.8 Å². The SMILES string of the molecule is CCOc1cc(C=Nn2c(-c3cccc(C(F)(F)F)c3)nc3ccccc3c2=O)c(Br)c(Cl)c1OCC(N)=O. The molecule has 0 unspecified atom stereocenters. The third-order valence-electron chi connectivity index (χ3n) is 5.33. The Hall–Kier alpha value is -3.90. The lowest BCUT2D eigenvalue weighted by Crippen LogP contribution is -2.21. The monoisotopic (exact) mass is 622 g/mol. The highest BCUT2D eigenvalue weighted by molar-refractivity contribution is 9.10. The van der Waals surface area contributed by atoms with Crippen LogP contribution in [-0.2, 0) is 11.0 Å². The van der Waals surface area contributed by atoms with Crippen molar-refractivity contribution < 1.29 is 27.4 Å². The normalized spacial score (nSPS) is 11.7. The van der Waals surface area contributed by atoms with Crippen LogP contribution < -0.4 is 20.8 Å². The van der Waals surface area contributed by atoms with Gasteiger partial charge in [-0.25, -0.2) is 4.98 Å². The third-order valence-corrected chi connectivity index (χ3v) is 6.77. The van der Waals surface area contributed by atoms with Gasteiger partial charge in [0.05, 0.1) is 29.3 Å². The lowest BCUT2D eigenvalue weighted by Gasteiger charge is -2.15. The van der Waals surface area contributed by atoms with Crippen LogP contribution >= 0.6 is 27.5 Å². The van der Waals surface area contributed by atoms with Crippen molar-refractivity contribution in [1.29, 1.82) is 0 Å². The van der Waals surface area contributed by atoms with E-state index in [0.717, 1.165) is 16.8 Å². The van der Waals surface area contributed by atoms with Crippen molar-refractivity contribution in [2.75, 3.05) is 13.2 Å². The van der Waals surface area contributed by atoms with Crippen molar-refractivity contribution in [3.8, 4) is 22.9 Å². The Morgan fingerprint density at radius 3 is 2.62 bits per heavy atom. The number of hydrogen-bond acceptors (Lipinski definition) is 6. The lowest BCUT2D eigenvalue weighted by molar-refractivity contribution is -0.137. The first-order valence-corrected chi connectivity index (χ1v) is 12.5. The van der Waals surface area contributed by atoms with Gasteiger partial charge in [-0.3, -0.25) is 9.59 Å². The van der Waals surface area contributed by atoms with Gasteiger partial charge in [-0.2, -0.15) is 22.9 Å². The van der Waals surface area contributed by atoms with E-state index >= 15 is 0 Å². The van der Waals surface area contributed by atoms with Crippen LogP contribution in [0.5, 0.6) is 11.5 Å². The number of aromatic nitrogens is 2. The Kier molecular flexibility index (Phi) is 8.26. The Morgan fingerprint density at radius 1 is 1.18 bits per heavy atom. The Balaban J connectivity index is 1.89. The molecule has 0 aliphatic heterocycles. The molecule has 0 saturated heterocycles. The van der Waals surface area contributed by atoms with E-state index in [9.17, 15) is 22.8 Å². The minimum absolute atomic E-state index is 0.0344. The summed E-state index contributed by atoms with van der Waals surface area (Å²) < 4.78 is 52.4. The van der Waals surface area contributed by atoms with E-state index in [4.69, 9.17) is 26.8 Å². The molecule has 0 radical (unpaired) electrons. The van der Waals surface area contributed by atoms with Crippen molar-refractivity contribution in [2.24, 2.45) is 10.8 Å². The van der Waals surface area contributed by atoms with Crippen molar-refractivity contribution in [3.05, 3.63) is 85.6 Å². The smallest absolute Gasteiger partial charge is 0.416 e. The quantitative estimate of drug-likeness (QED) is 0.256. The molecule has 1 heterocycles. The maximum Gasteiger partial charge on any atom is 0.416 e. The van der Waals surface area contributed by atoms with Gasteiger partial charge in [0.1, 0.15) is 5.02 Å². The molecule has 0 spiro atoms. The zero-order valence-electron chi connectivity index (χ0n) is 20.1. The average molecular weight is 624 g/mol. The highest BCUT2D eigenvalue weighted by atomic mass is 79.9. The highest BCUT2D eigenvalue weighted by Gasteiger charge is 2.31. The summed E-state index contributed by atoms with van der Waals surface area (Å²) in [7, 11) is 0. The van der Waals surface area contributed by atoms with Crippen molar-refractivity contribution in [3.63, 3.8) is 0 Å². The van der Waals surface area contributed by atoms with Gasteiger partial charge in [-0.15, -0.1) is 0 Å². The van der Waals surface area contributed by atoms with Crippen LogP contribution in [0.1, 0.15) is 18.1 Å². The van der Waals surface area contributed by atoms with Gasteiger partial charge in [0, 0.05) is 15.6 Å². The molecule has 0 saturated carbocycles. The third kappa shape index (κ3) is 6.07. The molecule has 0 aliphatic rings. The topological polar surface area (TPSA) is 109 Å². The second-order valence-electron chi connectivity index (χ2n) is 8.00. The van der Waals surface area contributed by atoms with Crippen LogP contribution in [0.25, 0.3) is 22.3 Å². The number of amides is 1. The summed E-state index contributed by atoms with van der Waals surface area (Å²) in [6.07, 6.45) is -3.33. The summed E-state index contributed by atoms with van der Waals surface area (Å²) in [6, 6.07) is 12.4. The maximum absolute atomic E-state index is 13.4. The van der Waals surface area contributed by atoms with E-state index in [1.165, 1.54) is 30.5 Å². The van der Waals surface area contributed by atoms with E-state index in [2.05, 4.69) is 26.0 Å². The summed E-state index contributed by atoms with van der Waals surface area (Å²) >= 11 is 9.80. The van der Waals surface area contributed by atoms with Crippen molar-refractivity contribution in [1.82, 2.24) is 9.66 Å². The van der Waals surface area contributed by atoms with Gasteiger partial charge in [0.15, 0.2) is 23.9 Å². The largest absolute Gasteiger partial charge is 0.490 e. The zero-order chi connectivity index (χ0) is 28.3. The van der Waals surface area contributed by atoms with Gasteiger partial charge in [-0.05, 0) is 53.2 Å². The summed E-state index contributed by atoms with van der Waals surface area (Å²) in [6.45, 7) is 1.51. The number of halogens is 5. The number of para-hydroxylation sites is 1. The van der Waals surface area contributed by atoms with E-state index in [0.29, 0.717) is 15.6 Å². The molecule has 13 heteroatoms. The summed E-state index contributed by atoms with van der Waals surface area (Å²) in [5, 5.41) is 4.54. The molecule has 1 amide bonds. The molecule has 4 rings (SSSR count). The van der Waals surface area contributed by atoms with Crippen LogP contribution in [0.3, 0.4) is 0 Å². The summed E-state index contributed by atoms with van der Waals surface area (Å²) in [5.41, 5.74) is 4.32. The zero-order valence-corrected chi connectivity index (χ0v) is 22.5. The summed E-state index contributed by atoms with van der Waals surface area (Å²) in [4.78, 5) is 29.0. The fourth-order valence-electron chi connectivity index (χ4n) is 3.61. The number of nitrogens with zero attached hydrogens (tertiary/aromatic N) is 3. The minimum atomic E-state index is -4.60. The summed E-state index contributed by atoms with van der Waals surface area (Å²) in [5.74, 6) is -0.582. The molecule has 202 valence electrons. The standard InChI is InChI=1S/C26H19BrClF3N4O4/c1-2-38-19-11-15(21(27)22(28)23(19)39-13-20(32)36)12-33-35-24(14-6-5-7-16(10-14)26(29,30)31)34-18-9-4-3-8-17(18)25(35)37/h3-12H,2,13H2,1H3,(H2,32,36). The fraction of sp³-hybridized carbons (Fsp3) is 0.154. The first-order valence-electron chi connectivity index (χ1n) is 11.3. The first-order chi connectivity index (χ1) is 18.5. The number of ether oxygens (including phenoxy) is 2. The molecule has 0 fully saturated rings. The number of alkyl halides is 3. The highest BCUT2D eigenvalue weighted by Crippen LogP contribution is 2.42. The van der Waals surface area contributed by atoms with Gasteiger partial charge in [0.2, 0.25) is 0 Å². The number of carbonyl (C=O) groups is 1. The Bertz CT molecular complexity index is 1660. The number of rotatable bonds is 8. The minimum Gasteiger partial charge on any atom is -0.490 e. The second kappa shape index (κ2) is 11.5. The molecule has 3 aromatic carbocycles. The van der Waals surface area contributed by atoms with Crippen LogP contribution in [0.4, 0.5) is 13.2 Å². The van der Waals surface area contributed by atoms with Crippen molar-refractivity contribution in [2.45, 2.75) is 13.1 Å². The molecular formula is C26H19BrClF3N4O4. The van der Waals surface area contributed by atoms with E-state index in [1.807, 2.05) is 0 Å². The Morgan fingerprint density at radius 2 is 1.92 bits per heavy atom. The van der Waals surface area contributed by atoms with Gasteiger partial charge in [0.25, 0.3) is 11.5 Å². The number of primary amides is 1. The predicted octanol–water partition coefficient (Wildman–Crippen LogP) is 5.64. The van der Waals surface area contributed by atoms with Gasteiger partial charge >= 0.3 is 6.18 Å². The van der Waals surface area contributed by atoms with Crippen LogP contribution in [0, 0.1) is 0 Å². The molecule has 39 heavy (non-hydrogen) atoms. The molecule has 0 aliphatic carbocycles. The molecule has 2 N–H and O–H groups in total. The number of carbonyl (C=O) groups excluding carboxylic acids is 1. The molecule has 4 aromatic rings. The number of hydrogen-bond donors (Lipinski definition) is 1.